The van der Waals surface area contributed by atoms with Crippen molar-refractivity contribution in [3.05, 3.63) is 35.9 Å². The zero-order valence-electron chi connectivity index (χ0n) is 15.7. The molecule has 0 aromatic heterocycles. The maximum Gasteiger partial charge on any atom is 0.335 e. The van der Waals surface area contributed by atoms with Crippen LogP contribution in [0.1, 0.15) is 25.3 Å². The molecule has 1 aromatic carbocycles. The Balaban J connectivity index is 0.000000621. The molecule has 4 atom stereocenters. The standard InChI is InChI=1S/C14H23N3O.C4H6O6/c1-11(10-12-6-3-2-4-7-12)17-14(18)13(16)8-5-9-15;5-1(3(7)8)2(6)4(9)10/h2-4,6-7,11,13H,5,8-10,15-16H2,1H3,(H,17,18);1-2,5-6H,(H,7,8)(H,9,10)/t11-,13?;/m0./s1. The first-order valence-corrected chi connectivity index (χ1v) is 8.71. The van der Waals surface area contributed by atoms with Crippen LogP contribution < -0.4 is 16.8 Å². The van der Waals surface area contributed by atoms with Crippen LogP contribution in [0.25, 0.3) is 0 Å². The highest BCUT2D eigenvalue weighted by Crippen LogP contribution is 2.03. The van der Waals surface area contributed by atoms with Crippen molar-refractivity contribution >= 4 is 17.8 Å². The summed E-state index contributed by atoms with van der Waals surface area (Å²) in [7, 11) is 0. The molecule has 0 aliphatic heterocycles. The number of aliphatic hydroxyl groups is 2. The highest BCUT2D eigenvalue weighted by molar-refractivity contribution is 5.83. The van der Waals surface area contributed by atoms with Crippen LogP contribution in [0.3, 0.4) is 0 Å². The molecule has 28 heavy (non-hydrogen) atoms. The van der Waals surface area contributed by atoms with E-state index in [1.54, 1.807) is 0 Å². The van der Waals surface area contributed by atoms with Crippen LogP contribution in [0.5, 0.6) is 0 Å². The molecular formula is C18H29N3O7. The minimum Gasteiger partial charge on any atom is -0.479 e. The molecule has 0 aliphatic rings. The Bertz CT molecular complexity index is 594. The summed E-state index contributed by atoms with van der Waals surface area (Å²) < 4.78 is 0. The van der Waals surface area contributed by atoms with Crippen LogP contribution in [0.2, 0.25) is 0 Å². The number of hydrogen-bond acceptors (Lipinski definition) is 7. The molecule has 3 unspecified atom stereocenters. The molecule has 1 rings (SSSR count). The van der Waals surface area contributed by atoms with Gasteiger partial charge in [0.25, 0.3) is 0 Å². The van der Waals surface area contributed by atoms with Crippen molar-refractivity contribution in [1.29, 1.82) is 0 Å². The van der Waals surface area contributed by atoms with Gasteiger partial charge in [-0.15, -0.1) is 0 Å². The molecule has 0 radical (unpaired) electrons. The zero-order valence-corrected chi connectivity index (χ0v) is 15.7. The summed E-state index contributed by atoms with van der Waals surface area (Å²) >= 11 is 0. The number of nitrogens with one attached hydrogen (secondary N) is 1. The molecule has 0 saturated carbocycles. The zero-order chi connectivity index (χ0) is 21.7. The molecule has 0 fully saturated rings. The summed E-state index contributed by atoms with van der Waals surface area (Å²) in [5.41, 5.74) is 12.4. The van der Waals surface area contributed by atoms with Gasteiger partial charge in [-0.25, -0.2) is 9.59 Å². The van der Waals surface area contributed by atoms with Crippen LogP contribution in [0, 0.1) is 0 Å². The lowest BCUT2D eigenvalue weighted by Gasteiger charge is -2.17. The van der Waals surface area contributed by atoms with Crippen molar-refractivity contribution in [2.45, 2.75) is 50.5 Å². The lowest BCUT2D eigenvalue weighted by atomic mass is 10.1. The third kappa shape index (κ3) is 10.6. The SMILES string of the molecule is C[C@@H](Cc1ccccc1)NC(=O)C(N)CCCN.O=C(O)C(O)C(O)C(=O)O. The smallest absolute Gasteiger partial charge is 0.335 e. The second-order valence-electron chi connectivity index (χ2n) is 6.20. The third-order valence-electron chi connectivity index (χ3n) is 3.63. The first-order valence-electron chi connectivity index (χ1n) is 8.71. The van der Waals surface area contributed by atoms with Gasteiger partial charge in [-0.05, 0) is 38.3 Å². The summed E-state index contributed by atoms with van der Waals surface area (Å²) in [5.74, 6) is -3.63. The molecule has 0 spiro atoms. The number of rotatable bonds is 10. The van der Waals surface area contributed by atoms with Crippen LogP contribution in [0.15, 0.2) is 30.3 Å². The summed E-state index contributed by atoms with van der Waals surface area (Å²) in [4.78, 5) is 31.3. The molecule has 10 heteroatoms. The fourth-order valence-electron chi connectivity index (χ4n) is 2.11. The van der Waals surface area contributed by atoms with Gasteiger partial charge in [-0.1, -0.05) is 30.3 Å². The maximum atomic E-state index is 11.8. The normalized spacial score (nSPS) is 14.6. The Morgan fingerprint density at radius 2 is 1.54 bits per heavy atom. The molecule has 9 N–H and O–H groups in total. The molecule has 1 aromatic rings. The van der Waals surface area contributed by atoms with Gasteiger partial charge < -0.3 is 37.2 Å². The molecular weight excluding hydrogens is 370 g/mol. The van der Waals surface area contributed by atoms with Crippen molar-refractivity contribution < 1.29 is 34.8 Å². The number of carboxylic acid groups (broad SMARTS) is 2. The number of aliphatic hydroxyl groups excluding tert-OH is 2. The van der Waals surface area contributed by atoms with E-state index in [1.165, 1.54) is 5.56 Å². The van der Waals surface area contributed by atoms with Gasteiger partial charge in [0.1, 0.15) is 0 Å². The van der Waals surface area contributed by atoms with Gasteiger partial charge in [0.05, 0.1) is 6.04 Å². The van der Waals surface area contributed by atoms with Gasteiger partial charge in [-0.3, -0.25) is 4.79 Å². The van der Waals surface area contributed by atoms with Crippen molar-refractivity contribution in [2.75, 3.05) is 6.54 Å². The summed E-state index contributed by atoms with van der Waals surface area (Å²) in [6, 6.07) is 9.72. The maximum absolute atomic E-state index is 11.8. The quantitative estimate of drug-likeness (QED) is 0.249. The van der Waals surface area contributed by atoms with Crippen LogP contribution in [0.4, 0.5) is 0 Å². The van der Waals surface area contributed by atoms with Crippen molar-refractivity contribution in [2.24, 2.45) is 11.5 Å². The van der Waals surface area contributed by atoms with E-state index in [2.05, 4.69) is 17.4 Å². The molecule has 0 aliphatic carbocycles. The van der Waals surface area contributed by atoms with Crippen LogP contribution in [-0.2, 0) is 20.8 Å². The summed E-state index contributed by atoms with van der Waals surface area (Å²) in [6.45, 7) is 2.56. The van der Waals surface area contributed by atoms with Gasteiger partial charge in [0.15, 0.2) is 12.2 Å². The van der Waals surface area contributed by atoms with E-state index >= 15 is 0 Å². The highest BCUT2D eigenvalue weighted by Gasteiger charge is 2.29. The van der Waals surface area contributed by atoms with E-state index in [0.29, 0.717) is 13.0 Å². The molecule has 0 heterocycles. The van der Waals surface area contributed by atoms with Gasteiger partial charge in [-0.2, -0.15) is 0 Å². The molecule has 1 amide bonds. The Labute approximate surface area is 163 Å². The minimum atomic E-state index is -2.27. The number of nitrogens with two attached hydrogens (primary N) is 2. The van der Waals surface area contributed by atoms with Crippen molar-refractivity contribution in [3.8, 4) is 0 Å². The lowest BCUT2D eigenvalue weighted by Crippen LogP contribution is -2.45. The Morgan fingerprint density at radius 1 is 1.04 bits per heavy atom. The monoisotopic (exact) mass is 399 g/mol. The summed E-state index contributed by atoms with van der Waals surface area (Å²) in [5, 5.41) is 35.5. The predicted molar refractivity (Wildman–Crippen MR) is 101 cm³/mol. The molecule has 158 valence electrons. The second-order valence-corrected chi connectivity index (χ2v) is 6.20. The van der Waals surface area contributed by atoms with Crippen LogP contribution in [-0.4, -0.2) is 69.1 Å². The van der Waals surface area contributed by atoms with Crippen molar-refractivity contribution in [3.63, 3.8) is 0 Å². The number of carbonyl (C=O) groups excluding carboxylic acids is 1. The summed E-state index contributed by atoms with van der Waals surface area (Å²) in [6.07, 6.45) is -2.30. The molecule has 0 bridgehead atoms. The van der Waals surface area contributed by atoms with E-state index in [4.69, 9.17) is 31.9 Å². The number of aliphatic carboxylic acids is 2. The average molecular weight is 399 g/mol. The van der Waals surface area contributed by atoms with E-state index in [-0.39, 0.29) is 11.9 Å². The Morgan fingerprint density at radius 3 is 1.96 bits per heavy atom. The lowest BCUT2D eigenvalue weighted by molar-refractivity contribution is -0.165. The largest absolute Gasteiger partial charge is 0.479 e. The van der Waals surface area contributed by atoms with E-state index in [9.17, 15) is 14.4 Å². The van der Waals surface area contributed by atoms with Gasteiger partial charge in [0, 0.05) is 6.04 Å². The third-order valence-corrected chi connectivity index (χ3v) is 3.63. The fraction of sp³-hybridized carbons (Fsp3) is 0.500. The number of carboxylic acids is 2. The average Bonchev–Trinajstić information content (AvgIpc) is 2.65. The van der Waals surface area contributed by atoms with Crippen molar-refractivity contribution in [1.82, 2.24) is 5.32 Å². The number of hydrogen-bond donors (Lipinski definition) is 7. The Hall–Kier alpha value is -2.53. The topological polar surface area (TPSA) is 196 Å². The van der Waals surface area contributed by atoms with Gasteiger partial charge in [0.2, 0.25) is 5.91 Å². The number of benzene rings is 1. The van der Waals surface area contributed by atoms with Crippen LogP contribution >= 0.6 is 0 Å². The fourth-order valence-corrected chi connectivity index (χ4v) is 2.11. The van der Waals surface area contributed by atoms with E-state index in [0.717, 1.165) is 12.8 Å². The van der Waals surface area contributed by atoms with Gasteiger partial charge >= 0.3 is 11.9 Å². The van der Waals surface area contributed by atoms with E-state index < -0.39 is 30.2 Å². The minimum absolute atomic E-state index is 0.0869. The Kier molecular flexibility index (Phi) is 12.4. The van der Waals surface area contributed by atoms with E-state index in [1.807, 2.05) is 25.1 Å². The second kappa shape index (κ2) is 13.6. The first kappa shape index (κ1) is 25.5. The predicted octanol–water partition coefficient (Wildman–Crippen LogP) is -1.32. The molecule has 10 nitrogen and oxygen atoms in total. The highest BCUT2D eigenvalue weighted by atomic mass is 16.4. The first-order chi connectivity index (χ1) is 13.1. The number of carbonyl (C=O) groups is 3. The number of amides is 1. The molecule has 0 saturated heterocycles.